The molecule has 1 heterocycles. The molecule has 8 heteroatoms. The normalized spacial score (nSPS) is 10.5. The molecule has 0 aliphatic rings. The number of anilines is 2. The summed E-state index contributed by atoms with van der Waals surface area (Å²) in [6, 6.07) is 15.5. The number of halogens is 1. The SMILES string of the molecule is Cc1ccc(NC(=O)c2ccc(=O)n(CCC(=O)Nc3cccc(Br)c3)n2)cc1C. The summed E-state index contributed by atoms with van der Waals surface area (Å²) < 4.78 is 1.97. The Bertz CT molecular complexity index is 1160. The fraction of sp³-hybridized carbons (Fsp3) is 0.182. The van der Waals surface area contributed by atoms with E-state index >= 15 is 0 Å². The number of hydrogen-bond acceptors (Lipinski definition) is 4. The number of rotatable bonds is 6. The Morgan fingerprint density at radius 2 is 1.73 bits per heavy atom. The third-order valence-corrected chi connectivity index (χ3v) is 5.02. The van der Waals surface area contributed by atoms with Crippen molar-refractivity contribution in [1.29, 1.82) is 0 Å². The molecule has 0 fully saturated rings. The van der Waals surface area contributed by atoms with Crippen LogP contribution in [-0.2, 0) is 11.3 Å². The predicted molar refractivity (Wildman–Crippen MR) is 120 cm³/mol. The van der Waals surface area contributed by atoms with Crippen LogP contribution in [0.2, 0.25) is 0 Å². The Morgan fingerprint density at radius 1 is 0.967 bits per heavy atom. The van der Waals surface area contributed by atoms with E-state index in [-0.39, 0.29) is 30.1 Å². The Morgan fingerprint density at radius 3 is 2.47 bits per heavy atom. The number of nitrogens with zero attached hydrogens (tertiary/aromatic N) is 2. The number of nitrogens with one attached hydrogen (secondary N) is 2. The van der Waals surface area contributed by atoms with Gasteiger partial charge in [0.25, 0.3) is 11.5 Å². The smallest absolute Gasteiger partial charge is 0.276 e. The van der Waals surface area contributed by atoms with E-state index in [0.29, 0.717) is 11.4 Å². The maximum Gasteiger partial charge on any atom is 0.276 e. The van der Waals surface area contributed by atoms with Gasteiger partial charge in [-0.2, -0.15) is 5.10 Å². The van der Waals surface area contributed by atoms with E-state index in [2.05, 4.69) is 31.7 Å². The molecule has 154 valence electrons. The van der Waals surface area contributed by atoms with Gasteiger partial charge in [-0.25, -0.2) is 4.68 Å². The molecular formula is C22H21BrN4O3. The van der Waals surface area contributed by atoms with Crippen molar-refractivity contribution in [2.75, 3.05) is 10.6 Å². The van der Waals surface area contributed by atoms with E-state index in [1.54, 1.807) is 12.1 Å². The van der Waals surface area contributed by atoms with Crippen LogP contribution in [0.3, 0.4) is 0 Å². The van der Waals surface area contributed by atoms with Crippen LogP contribution in [0.15, 0.2) is 63.9 Å². The summed E-state index contributed by atoms with van der Waals surface area (Å²) in [6.45, 7) is 4.01. The Labute approximate surface area is 182 Å². The van der Waals surface area contributed by atoms with Gasteiger partial charge in [0.2, 0.25) is 5.91 Å². The summed E-state index contributed by atoms with van der Waals surface area (Å²) in [5.41, 5.74) is 3.20. The second kappa shape index (κ2) is 9.49. The van der Waals surface area contributed by atoms with Crippen molar-refractivity contribution in [2.24, 2.45) is 0 Å². The first kappa shape index (κ1) is 21.4. The molecule has 0 saturated heterocycles. The van der Waals surface area contributed by atoms with E-state index in [9.17, 15) is 14.4 Å². The van der Waals surface area contributed by atoms with Crippen molar-refractivity contribution in [2.45, 2.75) is 26.8 Å². The van der Waals surface area contributed by atoms with Crippen LogP contribution in [0.5, 0.6) is 0 Å². The molecule has 0 saturated carbocycles. The summed E-state index contributed by atoms with van der Waals surface area (Å²) in [6.07, 6.45) is 0.0433. The van der Waals surface area contributed by atoms with Crippen LogP contribution in [0.4, 0.5) is 11.4 Å². The minimum atomic E-state index is -0.425. The zero-order valence-electron chi connectivity index (χ0n) is 16.6. The lowest BCUT2D eigenvalue weighted by Crippen LogP contribution is -2.28. The van der Waals surface area contributed by atoms with Crippen LogP contribution < -0.4 is 16.2 Å². The monoisotopic (exact) mass is 468 g/mol. The minimum absolute atomic E-state index is 0.0433. The lowest BCUT2D eigenvalue weighted by Gasteiger charge is -2.09. The number of aryl methyl sites for hydroxylation is 3. The van der Waals surface area contributed by atoms with E-state index in [1.165, 1.54) is 12.1 Å². The van der Waals surface area contributed by atoms with E-state index in [4.69, 9.17) is 0 Å². The fourth-order valence-electron chi connectivity index (χ4n) is 2.74. The zero-order valence-corrected chi connectivity index (χ0v) is 18.2. The van der Waals surface area contributed by atoms with E-state index in [0.717, 1.165) is 20.3 Å². The molecule has 7 nitrogen and oxygen atoms in total. The number of hydrogen-bond donors (Lipinski definition) is 2. The summed E-state index contributed by atoms with van der Waals surface area (Å²) in [5.74, 6) is -0.683. The summed E-state index contributed by atoms with van der Waals surface area (Å²) in [5, 5.41) is 9.64. The van der Waals surface area contributed by atoms with Crippen molar-refractivity contribution < 1.29 is 9.59 Å². The van der Waals surface area contributed by atoms with Gasteiger partial charge in [-0.05, 0) is 61.4 Å². The lowest BCUT2D eigenvalue weighted by atomic mass is 10.1. The van der Waals surface area contributed by atoms with Crippen LogP contribution >= 0.6 is 15.9 Å². The molecule has 0 bridgehead atoms. The standard InChI is InChI=1S/C22H21BrN4O3/c1-14-6-7-18(12-15(14)2)25-22(30)19-8-9-21(29)27(26-19)11-10-20(28)24-17-5-3-4-16(23)13-17/h3-9,12-13H,10-11H2,1-2H3,(H,24,28)(H,25,30). The largest absolute Gasteiger partial charge is 0.326 e. The van der Waals surface area contributed by atoms with Crippen molar-refractivity contribution in [3.8, 4) is 0 Å². The molecule has 30 heavy (non-hydrogen) atoms. The van der Waals surface area contributed by atoms with Crippen LogP contribution in [0, 0.1) is 13.8 Å². The van der Waals surface area contributed by atoms with Gasteiger partial charge in [0.1, 0.15) is 5.69 Å². The highest BCUT2D eigenvalue weighted by atomic mass is 79.9. The van der Waals surface area contributed by atoms with Gasteiger partial charge in [-0.15, -0.1) is 0 Å². The average molecular weight is 469 g/mol. The summed E-state index contributed by atoms with van der Waals surface area (Å²) in [7, 11) is 0. The molecule has 0 radical (unpaired) electrons. The van der Waals surface area contributed by atoms with Gasteiger partial charge >= 0.3 is 0 Å². The van der Waals surface area contributed by atoms with Crippen LogP contribution in [0.1, 0.15) is 28.0 Å². The van der Waals surface area contributed by atoms with Crippen molar-refractivity contribution in [3.05, 3.63) is 86.2 Å². The number of benzene rings is 2. The van der Waals surface area contributed by atoms with Gasteiger partial charge in [0.05, 0.1) is 6.54 Å². The third kappa shape index (κ3) is 5.64. The van der Waals surface area contributed by atoms with Gasteiger partial charge in [0.15, 0.2) is 0 Å². The molecule has 3 aromatic rings. The average Bonchev–Trinajstić information content (AvgIpc) is 2.70. The maximum absolute atomic E-state index is 12.5. The number of carbonyl (C=O) groups is 2. The zero-order chi connectivity index (χ0) is 21.7. The first-order valence-electron chi connectivity index (χ1n) is 9.34. The highest BCUT2D eigenvalue weighted by Crippen LogP contribution is 2.16. The van der Waals surface area contributed by atoms with Crippen molar-refractivity contribution in [3.63, 3.8) is 0 Å². The lowest BCUT2D eigenvalue weighted by molar-refractivity contribution is -0.116. The molecular weight excluding hydrogens is 448 g/mol. The Balaban J connectivity index is 1.65. The van der Waals surface area contributed by atoms with Crippen molar-refractivity contribution in [1.82, 2.24) is 9.78 Å². The molecule has 0 atom stereocenters. The summed E-state index contributed by atoms with van der Waals surface area (Å²) in [4.78, 5) is 36.8. The van der Waals surface area contributed by atoms with Gasteiger partial charge in [-0.1, -0.05) is 28.1 Å². The fourth-order valence-corrected chi connectivity index (χ4v) is 3.14. The van der Waals surface area contributed by atoms with Gasteiger partial charge in [-0.3, -0.25) is 14.4 Å². The molecule has 3 rings (SSSR count). The van der Waals surface area contributed by atoms with E-state index < -0.39 is 5.91 Å². The minimum Gasteiger partial charge on any atom is -0.326 e. The summed E-state index contributed by atoms with van der Waals surface area (Å²) >= 11 is 3.35. The molecule has 2 N–H and O–H groups in total. The third-order valence-electron chi connectivity index (χ3n) is 4.52. The predicted octanol–water partition coefficient (Wildman–Crippen LogP) is 3.90. The van der Waals surface area contributed by atoms with E-state index in [1.807, 2.05) is 44.2 Å². The highest BCUT2D eigenvalue weighted by molar-refractivity contribution is 9.10. The topological polar surface area (TPSA) is 93.1 Å². The first-order valence-corrected chi connectivity index (χ1v) is 10.1. The maximum atomic E-state index is 12.5. The quantitative estimate of drug-likeness (QED) is 0.573. The molecule has 0 spiro atoms. The highest BCUT2D eigenvalue weighted by Gasteiger charge is 2.12. The Kier molecular flexibility index (Phi) is 6.79. The molecule has 2 aromatic carbocycles. The first-order chi connectivity index (χ1) is 14.3. The molecule has 0 unspecified atom stereocenters. The number of carbonyl (C=O) groups excluding carboxylic acids is 2. The molecule has 1 aromatic heterocycles. The van der Waals surface area contributed by atoms with Crippen molar-refractivity contribution >= 4 is 39.1 Å². The number of amides is 2. The van der Waals surface area contributed by atoms with Gasteiger partial charge < -0.3 is 10.6 Å². The van der Waals surface area contributed by atoms with Crippen LogP contribution in [-0.4, -0.2) is 21.6 Å². The second-order valence-electron chi connectivity index (χ2n) is 6.84. The Hall–Kier alpha value is -3.26. The molecule has 0 aliphatic carbocycles. The molecule has 2 amide bonds. The molecule has 0 aliphatic heterocycles. The number of aromatic nitrogens is 2. The second-order valence-corrected chi connectivity index (χ2v) is 7.76. The van der Waals surface area contributed by atoms with Crippen LogP contribution in [0.25, 0.3) is 0 Å². The van der Waals surface area contributed by atoms with Gasteiger partial charge in [0, 0.05) is 28.3 Å².